The second-order valence-corrected chi connectivity index (χ2v) is 4.67. The fraction of sp³-hybridized carbons (Fsp3) is 0.429. The number of aryl methyl sites for hydroxylation is 1. The Labute approximate surface area is 108 Å². The Balaban J connectivity index is 1.78. The third-order valence-corrected chi connectivity index (χ3v) is 3.11. The van der Waals surface area contributed by atoms with Gasteiger partial charge < -0.3 is 5.32 Å². The molecule has 1 fully saturated rings. The number of nitrogens with one attached hydrogen (secondary N) is 2. The minimum Gasteiger partial charge on any atom is -0.315 e. The van der Waals surface area contributed by atoms with E-state index in [2.05, 4.69) is 21.7 Å². The van der Waals surface area contributed by atoms with Crippen molar-refractivity contribution < 1.29 is 4.79 Å². The highest BCUT2D eigenvalue weighted by molar-refractivity contribution is 5.88. The highest BCUT2D eigenvalue weighted by atomic mass is 16.2. The summed E-state index contributed by atoms with van der Waals surface area (Å²) in [7, 11) is 0. The number of carbonyl (C=O) groups excluding carboxylic acids is 1. The molecule has 0 bridgehead atoms. The second kappa shape index (κ2) is 6.19. The van der Waals surface area contributed by atoms with Crippen LogP contribution in [0.2, 0.25) is 0 Å². The Morgan fingerprint density at radius 3 is 2.89 bits per heavy atom. The molecule has 1 aliphatic carbocycles. The van der Waals surface area contributed by atoms with Crippen LogP contribution in [0, 0.1) is 12.8 Å². The van der Waals surface area contributed by atoms with E-state index in [1.165, 1.54) is 25.7 Å². The topological polar surface area (TPSA) is 54.0 Å². The van der Waals surface area contributed by atoms with Gasteiger partial charge in [0.05, 0.1) is 0 Å². The first-order valence-corrected chi connectivity index (χ1v) is 6.42. The number of hydrogen-bond acceptors (Lipinski definition) is 2. The maximum Gasteiger partial charge on any atom is 0.324 e. The van der Waals surface area contributed by atoms with Crippen molar-refractivity contribution in [1.82, 2.24) is 10.3 Å². The standard InChI is InChI=1S/C14H19N3O/c1-11-5-4-8-13(16-11)17-14(18)15-10-9-12-6-2-3-7-12/h4-5,8-10,12H,2-3,6-7H2,1H3,(H2,15,16,17,18)/b10-9+. The Hall–Kier alpha value is -1.84. The summed E-state index contributed by atoms with van der Waals surface area (Å²) in [5, 5.41) is 5.40. The summed E-state index contributed by atoms with van der Waals surface area (Å²) in [5.41, 5.74) is 0.884. The molecular formula is C14H19N3O. The molecule has 4 heteroatoms. The summed E-state index contributed by atoms with van der Waals surface area (Å²) in [6.45, 7) is 1.89. The van der Waals surface area contributed by atoms with Crippen molar-refractivity contribution in [2.45, 2.75) is 32.6 Å². The smallest absolute Gasteiger partial charge is 0.315 e. The molecule has 2 amide bonds. The van der Waals surface area contributed by atoms with Crippen LogP contribution in [-0.4, -0.2) is 11.0 Å². The zero-order valence-electron chi connectivity index (χ0n) is 10.6. The van der Waals surface area contributed by atoms with Gasteiger partial charge in [-0.25, -0.2) is 9.78 Å². The van der Waals surface area contributed by atoms with Crippen LogP contribution in [-0.2, 0) is 0 Å². The lowest BCUT2D eigenvalue weighted by molar-refractivity contribution is 0.255. The van der Waals surface area contributed by atoms with Crippen LogP contribution in [0.5, 0.6) is 0 Å². The number of nitrogens with zero attached hydrogens (tertiary/aromatic N) is 1. The molecule has 0 aliphatic heterocycles. The average molecular weight is 245 g/mol. The zero-order valence-corrected chi connectivity index (χ0v) is 10.6. The lowest BCUT2D eigenvalue weighted by Crippen LogP contribution is -2.24. The summed E-state index contributed by atoms with van der Waals surface area (Å²) >= 11 is 0. The van der Waals surface area contributed by atoms with Gasteiger partial charge in [0.2, 0.25) is 0 Å². The number of hydrogen-bond donors (Lipinski definition) is 2. The van der Waals surface area contributed by atoms with E-state index in [0.29, 0.717) is 11.7 Å². The molecule has 0 saturated heterocycles. The van der Waals surface area contributed by atoms with Crippen molar-refractivity contribution in [3.8, 4) is 0 Å². The Kier molecular flexibility index (Phi) is 4.34. The van der Waals surface area contributed by atoms with Crippen molar-refractivity contribution in [2.24, 2.45) is 5.92 Å². The summed E-state index contributed by atoms with van der Waals surface area (Å²) in [4.78, 5) is 15.8. The molecule has 96 valence electrons. The first-order chi connectivity index (χ1) is 8.74. The number of aromatic nitrogens is 1. The highest BCUT2D eigenvalue weighted by Gasteiger charge is 2.11. The van der Waals surface area contributed by atoms with Gasteiger partial charge in [0.1, 0.15) is 5.82 Å². The predicted molar refractivity (Wildman–Crippen MR) is 72.2 cm³/mol. The van der Waals surface area contributed by atoms with Gasteiger partial charge in [0, 0.05) is 11.9 Å². The van der Waals surface area contributed by atoms with Gasteiger partial charge in [0.25, 0.3) is 0 Å². The Morgan fingerprint density at radius 1 is 1.39 bits per heavy atom. The van der Waals surface area contributed by atoms with Gasteiger partial charge in [-0.3, -0.25) is 5.32 Å². The molecule has 0 radical (unpaired) electrons. The van der Waals surface area contributed by atoms with Crippen LogP contribution >= 0.6 is 0 Å². The molecular weight excluding hydrogens is 226 g/mol. The van der Waals surface area contributed by atoms with E-state index in [9.17, 15) is 4.79 Å². The van der Waals surface area contributed by atoms with Gasteiger partial charge in [-0.1, -0.05) is 25.0 Å². The second-order valence-electron chi connectivity index (χ2n) is 4.67. The third-order valence-electron chi connectivity index (χ3n) is 3.11. The lowest BCUT2D eigenvalue weighted by Gasteiger charge is -2.05. The largest absolute Gasteiger partial charge is 0.324 e. The van der Waals surface area contributed by atoms with Crippen molar-refractivity contribution in [3.63, 3.8) is 0 Å². The van der Waals surface area contributed by atoms with E-state index < -0.39 is 0 Å². The van der Waals surface area contributed by atoms with Crippen LogP contribution in [0.25, 0.3) is 0 Å². The Morgan fingerprint density at radius 2 is 2.17 bits per heavy atom. The van der Waals surface area contributed by atoms with Gasteiger partial charge in [-0.15, -0.1) is 0 Å². The molecule has 2 rings (SSSR count). The zero-order chi connectivity index (χ0) is 12.8. The quantitative estimate of drug-likeness (QED) is 0.859. The van der Waals surface area contributed by atoms with Crippen molar-refractivity contribution in [1.29, 1.82) is 0 Å². The number of allylic oxidation sites excluding steroid dienone is 1. The van der Waals surface area contributed by atoms with E-state index >= 15 is 0 Å². The van der Waals surface area contributed by atoms with Crippen LogP contribution in [0.1, 0.15) is 31.4 Å². The van der Waals surface area contributed by atoms with E-state index in [-0.39, 0.29) is 6.03 Å². The molecule has 1 aromatic rings. The SMILES string of the molecule is Cc1cccc(NC(=O)N/C=C/C2CCCC2)n1. The van der Waals surface area contributed by atoms with Crippen molar-refractivity contribution >= 4 is 11.8 Å². The lowest BCUT2D eigenvalue weighted by atomic mass is 10.1. The molecule has 1 saturated carbocycles. The maximum absolute atomic E-state index is 11.6. The number of carbonyl (C=O) groups is 1. The van der Waals surface area contributed by atoms with E-state index in [0.717, 1.165) is 5.69 Å². The number of urea groups is 1. The van der Waals surface area contributed by atoms with Gasteiger partial charge in [-0.2, -0.15) is 0 Å². The van der Waals surface area contributed by atoms with Gasteiger partial charge in [-0.05, 0) is 37.8 Å². The molecule has 0 unspecified atom stereocenters. The first-order valence-electron chi connectivity index (χ1n) is 6.42. The van der Waals surface area contributed by atoms with Crippen LogP contribution in [0.4, 0.5) is 10.6 Å². The van der Waals surface area contributed by atoms with Gasteiger partial charge >= 0.3 is 6.03 Å². The normalized spacial score (nSPS) is 16.1. The average Bonchev–Trinajstić information content (AvgIpc) is 2.82. The summed E-state index contributed by atoms with van der Waals surface area (Å²) in [5.74, 6) is 1.20. The third kappa shape index (κ3) is 3.87. The molecule has 4 nitrogen and oxygen atoms in total. The molecule has 1 aromatic heterocycles. The van der Waals surface area contributed by atoms with E-state index in [4.69, 9.17) is 0 Å². The Bertz CT molecular complexity index is 436. The molecule has 0 aromatic carbocycles. The molecule has 18 heavy (non-hydrogen) atoms. The molecule has 0 spiro atoms. The fourth-order valence-corrected chi connectivity index (χ4v) is 2.17. The van der Waals surface area contributed by atoms with Crippen LogP contribution in [0.3, 0.4) is 0 Å². The van der Waals surface area contributed by atoms with Crippen LogP contribution < -0.4 is 10.6 Å². The number of amides is 2. The van der Waals surface area contributed by atoms with E-state index in [1.54, 1.807) is 12.3 Å². The molecule has 2 N–H and O–H groups in total. The summed E-state index contributed by atoms with van der Waals surface area (Å²) < 4.78 is 0. The maximum atomic E-state index is 11.6. The number of rotatable bonds is 3. The first kappa shape index (κ1) is 12.6. The molecule has 1 heterocycles. The van der Waals surface area contributed by atoms with Crippen LogP contribution in [0.15, 0.2) is 30.5 Å². The minimum atomic E-state index is -0.248. The van der Waals surface area contributed by atoms with Gasteiger partial charge in [0.15, 0.2) is 0 Å². The number of pyridine rings is 1. The number of anilines is 1. The fourth-order valence-electron chi connectivity index (χ4n) is 2.17. The summed E-state index contributed by atoms with van der Waals surface area (Å²) in [6, 6.07) is 5.28. The minimum absolute atomic E-state index is 0.248. The molecule has 0 atom stereocenters. The monoisotopic (exact) mass is 245 g/mol. The van der Waals surface area contributed by atoms with E-state index in [1.807, 2.05) is 19.1 Å². The van der Waals surface area contributed by atoms with Crippen molar-refractivity contribution in [3.05, 3.63) is 36.2 Å². The molecule has 1 aliphatic rings. The highest BCUT2D eigenvalue weighted by Crippen LogP contribution is 2.25. The summed E-state index contributed by atoms with van der Waals surface area (Å²) in [6.07, 6.45) is 8.89. The van der Waals surface area contributed by atoms with Crippen molar-refractivity contribution in [2.75, 3.05) is 5.32 Å². The predicted octanol–water partition coefficient (Wildman–Crippen LogP) is 3.22.